The second-order valence-electron chi connectivity index (χ2n) is 16.0. The average Bonchev–Trinajstić information content (AvgIpc) is 4.01. The molecule has 4 aromatic heterocycles. The van der Waals surface area contributed by atoms with Gasteiger partial charge in [-0.1, -0.05) is 152 Å². The van der Waals surface area contributed by atoms with Crippen molar-refractivity contribution in [2.75, 3.05) is 0 Å². The van der Waals surface area contributed by atoms with E-state index in [9.17, 15) is 0 Å². The number of nitrogens with zero attached hydrogens (tertiary/aromatic N) is 5. The molecule has 4 heterocycles. The van der Waals surface area contributed by atoms with Crippen molar-refractivity contribution in [1.82, 2.24) is 24.1 Å². The SMILES string of the molecule is c1ccc(-c2nc(-c3ccc4c(c3)oc3ccccc34)nc(-c3cc(-n4c5ccccc5c5ccc(-n6c7ccccc7c7ccccc76)cc54)ccc3-c3ccccc3)n2)cc1. The molecule has 0 spiro atoms. The highest BCUT2D eigenvalue weighted by atomic mass is 16.3. The molecule has 6 heteroatoms. The number of rotatable bonds is 6. The van der Waals surface area contributed by atoms with Crippen LogP contribution in [0.15, 0.2) is 217 Å². The maximum Gasteiger partial charge on any atom is 0.164 e. The normalized spacial score (nSPS) is 11.8. The largest absolute Gasteiger partial charge is 0.456 e. The summed E-state index contributed by atoms with van der Waals surface area (Å²) in [6, 6.07) is 74.6. The molecule has 0 aliphatic rings. The van der Waals surface area contributed by atoms with Crippen LogP contribution in [0.2, 0.25) is 0 Å². The van der Waals surface area contributed by atoms with Gasteiger partial charge in [-0.25, -0.2) is 15.0 Å². The van der Waals surface area contributed by atoms with Gasteiger partial charge < -0.3 is 13.6 Å². The second-order valence-corrected chi connectivity index (χ2v) is 16.0. The zero-order valence-electron chi connectivity index (χ0n) is 33.9. The van der Waals surface area contributed by atoms with Crippen molar-refractivity contribution in [3.05, 3.63) is 212 Å². The van der Waals surface area contributed by atoms with Crippen LogP contribution in [0.4, 0.5) is 0 Å². The van der Waals surface area contributed by atoms with Crippen LogP contribution >= 0.6 is 0 Å². The molecule has 0 unspecified atom stereocenters. The van der Waals surface area contributed by atoms with Crippen molar-refractivity contribution in [2.24, 2.45) is 0 Å². The Morgan fingerprint density at radius 3 is 1.44 bits per heavy atom. The standard InChI is InChI=1S/C57H35N5O/c1-3-15-36(16-4-1)41-31-28-39(62-51-25-13-9-21-44(51)45-32-29-40(35-52(45)62)61-49-23-11-7-19-42(49)43-20-8-12-24-50(43)61)34-48(41)57-59-55(37-17-5-2-6-18-37)58-56(60-57)38-27-30-47-46-22-10-14-26-53(46)63-54(47)33-38/h1-35H. The fraction of sp³-hybridized carbons (Fsp3) is 0. The molecule has 0 saturated carbocycles. The zero-order chi connectivity index (χ0) is 41.4. The highest BCUT2D eigenvalue weighted by Gasteiger charge is 2.21. The van der Waals surface area contributed by atoms with Gasteiger partial charge in [0.05, 0.1) is 22.1 Å². The van der Waals surface area contributed by atoms with E-state index in [1.807, 2.05) is 60.7 Å². The third kappa shape index (κ3) is 5.62. The Morgan fingerprint density at radius 1 is 0.286 bits per heavy atom. The lowest BCUT2D eigenvalue weighted by atomic mass is 9.98. The quantitative estimate of drug-likeness (QED) is 0.168. The first-order valence-electron chi connectivity index (χ1n) is 21.2. The van der Waals surface area contributed by atoms with Crippen LogP contribution in [0.25, 0.3) is 122 Å². The topological polar surface area (TPSA) is 61.7 Å². The predicted molar refractivity (Wildman–Crippen MR) is 258 cm³/mol. The summed E-state index contributed by atoms with van der Waals surface area (Å²) < 4.78 is 11.1. The highest BCUT2D eigenvalue weighted by Crippen LogP contribution is 2.40. The fourth-order valence-electron chi connectivity index (χ4n) is 9.51. The number of aromatic nitrogens is 5. The first kappa shape index (κ1) is 35.2. The molecule has 0 amide bonds. The van der Waals surface area contributed by atoms with E-state index in [4.69, 9.17) is 19.4 Å². The van der Waals surface area contributed by atoms with Crippen molar-refractivity contribution in [3.63, 3.8) is 0 Å². The summed E-state index contributed by atoms with van der Waals surface area (Å²) in [6.45, 7) is 0. The number of hydrogen-bond donors (Lipinski definition) is 0. The van der Waals surface area contributed by atoms with E-state index in [-0.39, 0.29) is 0 Å². The van der Waals surface area contributed by atoms with Crippen molar-refractivity contribution >= 4 is 65.6 Å². The van der Waals surface area contributed by atoms with Gasteiger partial charge in [-0.15, -0.1) is 0 Å². The molecule has 294 valence electrons. The molecule has 0 fully saturated rings. The van der Waals surface area contributed by atoms with E-state index < -0.39 is 0 Å². The molecule has 0 saturated heterocycles. The molecular weight excluding hydrogens is 771 g/mol. The van der Waals surface area contributed by atoms with Gasteiger partial charge >= 0.3 is 0 Å². The highest BCUT2D eigenvalue weighted by molar-refractivity contribution is 6.12. The minimum absolute atomic E-state index is 0.568. The third-order valence-electron chi connectivity index (χ3n) is 12.4. The van der Waals surface area contributed by atoms with Crippen LogP contribution in [0.1, 0.15) is 0 Å². The minimum Gasteiger partial charge on any atom is -0.456 e. The van der Waals surface area contributed by atoms with Gasteiger partial charge in [-0.3, -0.25) is 0 Å². The van der Waals surface area contributed by atoms with Crippen LogP contribution in [0.5, 0.6) is 0 Å². The van der Waals surface area contributed by atoms with Gasteiger partial charge in [0.2, 0.25) is 0 Å². The smallest absolute Gasteiger partial charge is 0.164 e. The lowest BCUT2D eigenvalue weighted by molar-refractivity contribution is 0.669. The Balaban J connectivity index is 1.06. The van der Waals surface area contributed by atoms with E-state index in [0.29, 0.717) is 17.5 Å². The summed E-state index contributed by atoms with van der Waals surface area (Å²) in [6.07, 6.45) is 0. The number of para-hydroxylation sites is 4. The Hall–Kier alpha value is -8.61. The summed E-state index contributed by atoms with van der Waals surface area (Å²) in [5.74, 6) is 1.74. The van der Waals surface area contributed by atoms with Gasteiger partial charge in [0.1, 0.15) is 11.2 Å². The molecule has 0 atom stereocenters. The van der Waals surface area contributed by atoms with E-state index in [1.54, 1.807) is 0 Å². The molecular formula is C57H35N5O. The summed E-state index contributed by atoms with van der Waals surface area (Å²) >= 11 is 0. The maximum absolute atomic E-state index is 6.35. The molecule has 0 bridgehead atoms. The number of hydrogen-bond acceptors (Lipinski definition) is 4. The molecule has 6 nitrogen and oxygen atoms in total. The molecule has 0 radical (unpaired) electrons. The molecule has 0 N–H and O–H groups in total. The number of benzene rings is 9. The molecule has 13 aromatic rings. The lowest BCUT2D eigenvalue weighted by Gasteiger charge is -2.16. The predicted octanol–water partition coefficient (Wildman–Crippen LogP) is 14.6. The van der Waals surface area contributed by atoms with Crippen molar-refractivity contribution in [2.45, 2.75) is 0 Å². The third-order valence-corrected chi connectivity index (χ3v) is 12.4. The Labute approximate surface area is 361 Å². The molecule has 0 aliphatic carbocycles. The van der Waals surface area contributed by atoms with E-state index >= 15 is 0 Å². The average molecular weight is 806 g/mol. The number of furan rings is 1. The maximum atomic E-state index is 6.35. The van der Waals surface area contributed by atoms with Crippen LogP contribution in [-0.4, -0.2) is 24.1 Å². The summed E-state index contributed by atoms with van der Waals surface area (Å²) in [5.41, 5.74) is 13.1. The molecule has 9 aromatic carbocycles. The molecule has 13 rings (SSSR count). The van der Waals surface area contributed by atoms with Crippen LogP contribution < -0.4 is 0 Å². The van der Waals surface area contributed by atoms with Gasteiger partial charge in [0, 0.05) is 60.4 Å². The molecule has 0 aliphatic heterocycles. The Kier molecular flexibility index (Phi) is 7.80. The minimum atomic E-state index is 0.568. The van der Waals surface area contributed by atoms with Crippen LogP contribution in [-0.2, 0) is 0 Å². The van der Waals surface area contributed by atoms with Crippen LogP contribution in [0.3, 0.4) is 0 Å². The van der Waals surface area contributed by atoms with Crippen molar-refractivity contribution in [3.8, 4) is 56.7 Å². The Morgan fingerprint density at radius 2 is 0.762 bits per heavy atom. The van der Waals surface area contributed by atoms with E-state index in [2.05, 4.69) is 161 Å². The molecule has 63 heavy (non-hydrogen) atoms. The van der Waals surface area contributed by atoms with Crippen molar-refractivity contribution < 1.29 is 4.42 Å². The fourth-order valence-corrected chi connectivity index (χ4v) is 9.51. The number of fused-ring (bicyclic) bond motifs is 9. The van der Waals surface area contributed by atoms with E-state index in [0.717, 1.165) is 72.2 Å². The monoisotopic (exact) mass is 805 g/mol. The lowest BCUT2D eigenvalue weighted by Crippen LogP contribution is -2.02. The van der Waals surface area contributed by atoms with Gasteiger partial charge in [-0.05, 0) is 71.8 Å². The van der Waals surface area contributed by atoms with E-state index in [1.165, 1.54) is 32.6 Å². The zero-order valence-corrected chi connectivity index (χ0v) is 33.9. The Bertz CT molecular complexity index is 3860. The first-order valence-corrected chi connectivity index (χ1v) is 21.2. The van der Waals surface area contributed by atoms with Gasteiger partial charge in [-0.2, -0.15) is 0 Å². The van der Waals surface area contributed by atoms with Gasteiger partial charge in [0.25, 0.3) is 0 Å². The second kappa shape index (κ2) is 14.0. The summed E-state index contributed by atoms with van der Waals surface area (Å²) in [7, 11) is 0. The first-order chi connectivity index (χ1) is 31.2. The van der Waals surface area contributed by atoms with Crippen molar-refractivity contribution in [1.29, 1.82) is 0 Å². The van der Waals surface area contributed by atoms with Crippen LogP contribution in [0, 0.1) is 0 Å². The summed E-state index contributed by atoms with van der Waals surface area (Å²) in [5, 5.41) is 6.97. The van der Waals surface area contributed by atoms with Gasteiger partial charge in [0.15, 0.2) is 17.5 Å². The summed E-state index contributed by atoms with van der Waals surface area (Å²) in [4.78, 5) is 15.7.